The molecule has 7 heteroatoms. The first-order chi connectivity index (χ1) is 13.5. The van der Waals surface area contributed by atoms with Crippen LogP contribution in [-0.4, -0.2) is 16.5 Å². The number of ether oxygens (including phenoxy) is 1. The molecule has 0 atom stereocenters. The lowest BCUT2D eigenvalue weighted by molar-refractivity contribution is -0.384. The lowest BCUT2D eigenvalue weighted by Crippen LogP contribution is -2.00. The quantitative estimate of drug-likeness (QED) is 0.499. The number of hydrogen-bond acceptors (Lipinski definition) is 6. The van der Waals surface area contributed by atoms with Gasteiger partial charge in [-0.2, -0.15) is 5.26 Å². The molecule has 3 rings (SSSR count). The molecule has 0 saturated heterocycles. The summed E-state index contributed by atoms with van der Waals surface area (Å²) in [7, 11) is 0. The van der Waals surface area contributed by atoms with Crippen LogP contribution in [0.5, 0.6) is 5.75 Å². The van der Waals surface area contributed by atoms with Crippen molar-refractivity contribution >= 4 is 11.5 Å². The van der Waals surface area contributed by atoms with Crippen LogP contribution in [0.4, 0.5) is 11.5 Å². The minimum absolute atomic E-state index is 0.0405. The van der Waals surface area contributed by atoms with Crippen molar-refractivity contribution in [3.63, 3.8) is 0 Å². The van der Waals surface area contributed by atoms with E-state index in [4.69, 9.17) is 10.5 Å². The Hall–Kier alpha value is -3.92. The van der Waals surface area contributed by atoms with Gasteiger partial charge in [-0.3, -0.25) is 10.1 Å². The van der Waals surface area contributed by atoms with E-state index in [1.165, 1.54) is 12.1 Å². The fraction of sp³-hybridized carbons (Fsp3) is 0.143. The molecule has 2 N–H and O–H groups in total. The highest BCUT2D eigenvalue weighted by molar-refractivity contribution is 5.80. The molecular weight excluding hydrogens is 356 g/mol. The molecule has 0 saturated carbocycles. The molecule has 1 aromatic heterocycles. The number of anilines is 1. The maximum absolute atomic E-state index is 11.1. The highest BCUT2D eigenvalue weighted by Gasteiger charge is 2.15. The van der Waals surface area contributed by atoms with Gasteiger partial charge in [0.2, 0.25) is 0 Å². The Morgan fingerprint density at radius 3 is 2.57 bits per heavy atom. The number of nitrogens with two attached hydrogens (primary N) is 1. The van der Waals surface area contributed by atoms with Gasteiger partial charge in [0.15, 0.2) is 0 Å². The zero-order valence-corrected chi connectivity index (χ0v) is 15.3. The highest BCUT2D eigenvalue weighted by Crippen LogP contribution is 2.33. The Bertz CT molecular complexity index is 1060. The van der Waals surface area contributed by atoms with Crippen molar-refractivity contribution in [3.8, 4) is 34.2 Å². The average Bonchev–Trinajstić information content (AvgIpc) is 2.72. The lowest BCUT2D eigenvalue weighted by atomic mass is 9.98. The van der Waals surface area contributed by atoms with Gasteiger partial charge in [0, 0.05) is 23.3 Å². The second-order valence-corrected chi connectivity index (χ2v) is 6.11. The van der Waals surface area contributed by atoms with E-state index in [0.29, 0.717) is 23.4 Å². The van der Waals surface area contributed by atoms with E-state index < -0.39 is 4.92 Å². The Balaban J connectivity index is 2.07. The molecule has 0 unspecified atom stereocenters. The van der Waals surface area contributed by atoms with Crippen LogP contribution in [0.1, 0.15) is 18.9 Å². The number of nitro benzene ring substituents is 1. The van der Waals surface area contributed by atoms with Gasteiger partial charge in [0.05, 0.1) is 17.2 Å². The first-order valence-corrected chi connectivity index (χ1v) is 8.72. The van der Waals surface area contributed by atoms with E-state index in [0.717, 1.165) is 17.7 Å². The van der Waals surface area contributed by atoms with E-state index >= 15 is 0 Å². The third kappa shape index (κ3) is 3.91. The van der Waals surface area contributed by atoms with E-state index in [2.05, 4.69) is 11.1 Å². The summed E-state index contributed by atoms with van der Waals surface area (Å²) in [6, 6.07) is 17.3. The third-order valence-electron chi connectivity index (χ3n) is 4.15. The molecule has 0 aliphatic heterocycles. The Morgan fingerprint density at radius 2 is 1.93 bits per heavy atom. The standard InChI is InChI=1S/C21H18N4O3/c1-2-10-28-17-8-6-14(7-9-17)18-12-20(24-21(23)19(18)13-22)15-4-3-5-16(11-15)25(26)27/h3-9,11-12H,2,10H2,1H3,(H2,23,24). The second kappa shape index (κ2) is 8.18. The molecule has 0 aliphatic rings. The molecule has 0 amide bonds. The minimum atomic E-state index is -0.466. The fourth-order valence-electron chi connectivity index (χ4n) is 2.79. The van der Waals surface area contributed by atoms with Crippen LogP contribution in [0, 0.1) is 21.4 Å². The maximum atomic E-state index is 11.1. The molecule has 0 aliphatic carbocycles. The van der Waals surface area contributed by atoms with Gasteiger partial charge in [0.25, 0.3) is 5.69 Å². The number of nitriles is 1. The Labute approximate surface area is 162 Å². The number of nitrogen functional groups attached to an aromatic ring is 1. The van der Waals surface area contributed by atoms with Crippen LogP contribution in [0.25, 0.3) is 22.4 Å². The molecule has 2 aromatic carbocycles. The number of nitrogens with zero attached hydrogens (tertiary/aromatic N) is 3. The normalized spacial score (nSPS) is 10.3. The first-order valence-electron chi connectivity index (χ1n) is 8.72. The number of aromatic nitrogens is 1. The van der Waals surface area contributed by atoms with Crippen LogP contribution < -0.4 is 10.5 Å². The SMILES string of the molecule is CCCOc1ccc(-c2cc(-c3cccc([N+](=O)[O-])c3)nc(N)c2C#N)cc1. The predicted octanol–water partition coefficient (Wildman–Crippen LogP) is 4.57. The van der Waals surface area contributed by atoms with Gasteiger partial charge in [0.1, 0.15) is 23.2 Å². The largest absolute Gasteiger partial charge is 0.494 e. The van der Waals surface area contributed by atoms with Crippen LogP contribution in [-0.2, 0) is 0 Å². The van der Waals surface area contributed by atoms with Crippen LogP contribution in [0.2, 0.25) is 0 Å². The molecule has 0 radical (unpaired) electrons. The van der Waals surface area contributed by atoms with Gasteiger partial charge < -0.3 is 10.5 Å². The summed E-state index contributed by atoms with van der Waals surface area (Å²) in [5.74, 6) is 0.817. The van der Waals surface area contributed by atoms with Crippen molar-refractivity contribution in [3.05, 3.63) is 70.3 Å². The van der Waals surface area contributed by atoms with Gasteiger partial charge in [-0.05, 0) is 30.2 Å². The van der Waals surface area contributed by atoms with Crippen molar-refractivity contribution in [1.29, 1.82) is 5.26 Å². The third-order valence-corrected chi connectivity index (χ3v) is 4.15. The van der Waals surface area contributed by atoms with Crippen LogP contribution in [0.15, 0.2) is 54.6 Å². The number of nitro groups is 1. The Kier molecular flexibility index (Phi) is 5.51. The highest BCUT2D eigenvalue weighted by atomic mass is 16.6. The van der Waals surface area contributed by atoms with Crippen molar-refractivity contribution in [1.82, 2.24) is 4.98 Å². The minimum Gasteiger partial charge on any atom is -0.494 e. The summed E-state index contributed by atoms with van der Waals surface area (Å²) >= 11 is 0. The predicted molar refractivity (Wildman–Crippen MR) is 107 cm³/mol. The molecule has 1 heterocycles. The summed E-state index contributed by atoms with van der Waals surface area (Å²) in [5.41, 5.74) is 8.63. The zero-order chi connectivity index (χ0) is 20.1. The average molecular weight is 374 g/mol. The maximum Gasteiger partial charge on any atom is 0.270 e. The summed E-state index contributed by atoms with van der Waals surface area (Å²) < 4.78 is 5.59. The molecule has 7 nitrogen and oxygen atoms in total. The molecule has 140 valence electrons. The van der Waals surface area contributed by atoms with E-state index in [-0.39, 0.29) is 17.1 Å². The van der Waals surface area contributed by atoms with E-state index in [9.17, 15) is 15.4 Å². The van der Waals surface area contributed by atoms with E-state index in [1.807, 2.05) is 31.2 Å². The second-order valence-electron chi connectivity index (χ2n) is 6.11. The number of hydrogen-bond donors (Lipinski definition) is 1. The fourth-order valence-corrected chi connectivity index (χ4v) is 2.79. The summed E-state index contributed by atoms with van der Waals surface area (Å²) in [6.07, 6.45) is 0.911. The van der Waals surface area contributed by atoms with Gasteiger partial charge in [-0.25, -0.2) is 4.98 Å². The first kappa shape index (κ1) is 18.9. The topological polar surface area (TPSA) is 115 Å². The van der Waals surface area contributed by atoms with Gasteiger partial charge in [-0.1, -0.05) is 31.2 Å². The zero-order valence-electron chi connectivity index (χ0n) is 15.3. The van der Waals surface area contributed by atoms with Crippen molar-refractivity contribution < 1.29 is 9.66 Å². The molecule has 28 heavy (non-hydrogen) atoms. The molecule has 0 fully saturated rings. The van der Waals surface area contributed by atoms with Crippen LogP contribution in [0.3, 0.4) is 0 Å². The van der Waals surface area contributed by atoms with E-state index in [1.54, 1.807) is 18.2 Å². The molecular formula is C21H18N4O3. The van der Waals surface area contributed by atoms with Crippen molar-refractivity contribution in [2.75, 3.05) is 12.3 Å². The summed E-state index contributed by atoms with van der Waals surface area (Å²) in [5, 5.41) is 20.6. The Morgan fingerprint density at radius 1 is 1.18 bits per heavy atom. The molecule has 3 aromatic rings. The summed E-state index contributed by atoms with van der Waals surface area (Å²) in [4.78, 5) is 14.9. The van der Waals surface area contributed by atoms with Crippen LogP contribution >= 0.6 is 0 Å². The number of pyridine rings is 1. The van der Waals surface area contributed by atoms with Gasteiger partial charge >= 0.3 is 0 Å². The van der Waals surface area contributed by atoms with Crippen molar-refractivity contribution in [2.45, 2.75) is 13.3 Å². The van der Waals surface area contributed by atoms with Crippen molar-refractivity contribution in [2.24, 2.45) is 0 Å². The molecule has 0 bridgehead atoms. The monoisotopic (exact) mass is 374 g/mol. The number of benzene rings is 2. The lowest BCUT2D eigenvalue weighted by Gasteiger charge is -2.11. The number of rotatable bonds is 6. The smallest absolute Gasteiger partial charge is 0.270 e. The number of non-ortho nitro benzene ring substituents is 1. The summed E-state index contributed by atoms with van der Waals surface area (Å²) in [6.45, 7) is 2.66. The molecule has 0 spiro atoms. The van der Waals surface area contributed by atoms with Gasteiger partial charge in [-0.15, -0.1) is 0 Å².